The average molecular weight is 538 g/mol. The number of alkyl halides is 3. The van der Waals surface area contributed by atoms with Crippen LogP contribution in [0.1, 0.15) is 95.1 Å². The molecule has 2 aliphatic heterocycles. The molecule has 1 aliphatic carbocycles. The van der Waals surface area contributed by atoms with E-state index in [9.17, 15) is 23.1 Å². The molecule has 0 atom stereocenters. The van der Waals surface area contributed by atoms with Crippen LogP contribution < -0.4 is 4.90 Å². The van der Waals surface area contributed by atoms with Gasteiger partial charge >= 0.3 is 6.18 Å². The number of hydrogen-bond donors (Lipinski definition) is 1. The fourth-order valence-electron chi connectivity index (χ4n) is 6.64. The van der Waals surface area contributed by atoms with E-state index in [1.165, 1.54) is 12.1 Å². The Hall–Kier alpha value is -1.80. The van der Waals surface area contributed by atoms with Crippen LogP contribution in [0, 0.1) is 5.92 Å². The van der Waals surface area contributed by atoms with Gasteiger partial charge in [-0.3, -0.25) is 4.79 Å². The minimum Gasteiger partial charge on any atom is -0.393 e. The lowest BCUT2D eigenvalue weighted by atomic mass is 9.86. The number of halogens is 3. The molecule has 1 saturated carbocycles. The van der Waals surface area contributed by atoms with Gasteiger partial charge in [0.25, 0.3) is 0 Å². The van der Waals surface area contributed by atoms with Crippen molar-refractivity contribution in [2.75, 3.05) is 44.2 Å². The largest absolute Gasteiger partial charge is 0.416 e. The number of anilines is 1. The van der Waals surface area contributed by atoms with Crippen LogP contribution in [0.3, 0.4) is 0 Å². The molecule has 8 heteroatoms. The molecule has 2 heterocycles. The van der Waals surface area contributed by atoms with Crippen LogP contribution in [0.4, 0.5) is 18.9 Å². The molecule has 0 aromatic heterocycles. The highest BCUT2D eigenvalue weighted by Gasteiger charge is 2.34. The first-order valence-corrected chi connectivity index (χ1v) is 14.8. The van der Waals surface area contributed by atoms with Gasteiger partial charge in [-0.1, -0.05) is 19.9 Å². The standard InChI is InChI=1S/C30H46F3N3O2/c1-3-34(25-7-9-26(37)10-8-25)16-4-5-29(38)36-19-14-23(15-20-36)27-11-6-24(30(31,32)33)21-28(27)35-17-12-22(2)13-18-35/h6,11,21-23,25-26,37H,3-5,7-10,12-20H2,1-2H3. The molecule has 1 aromatic carbocycles. The molecule has 4 rings (SSSR count). The number of piperidine rings is 2. The Balaban J connectivity index is 1.31. The van der Waals surface area contributed by atoms with E-state index in [1.807, 2.05) is 4.90 Å². The third-order valence-electron chi connectivity index (χ3n) is 9.19. The van der Waals surface area contributed by atoms with E-state index in [-0.39, 0.29) is 17.9 Å². The molecular formula is C30H46F3N3O2. The molecule has 5 nitrogen and oxygen atoms in total. The number of benzene rings is 1. The lowest BCUT2D eigenvalue weighted by Crippen LogP contribution is -2.41. The zero-order chi connectivity index (χ0) is 27.3. The summed E-state index contributed by atoms with van der Waals surface area (Å²) >= 11 is 0. The van der Waals surface area contributed by atoms with E-state index in [2.05, 4.69) is 23.6 Å². The van der Waals surface area contributed by atoms with Crippen molar-refractivity contribution < 1.29 is 23.1 Å². The minimum atomic E-state index is -4.35. The van der Waals surface area contributed by atoms with Gasteiger partial charge in [0, 0.05) is 44.3 Å². The number of aliphatic hydroxyl groups is 1. The molecule has 0 radical (unpaired) electrons. The second-order valence-corrected chi connectivity index (χ2v) is 11.8. The molecule has 2 saturated heterocycles. The number of nitrogens with zero attached hydrogens (tertiary/aromatic N) is 3. The first-order valence-electron chi connectivity index (χ1n) is 14.8. The summed E-state index contributed by atoms with van der Waals surface area (Å²) in [7, 11) is 0. The Bertz CT molecular complexity index is 900. The molecule has 0 spiro atoms. The summed E-state index contributed by atoms with van der Waals surface area (Å²) in [6, 6.07) is 4.79. The van der Waals surface area contributed by atoms with Crippen molar-refractivity contribution in [3.63, 3.8) is 0 Å². The smallest absolute Gasteiger partial charge is 0.393 e. The number of likely N-dealkylation sites (tertiary alicyclic amines) is 1. The minimum absolute atomic E-state index is 0.156. The lowest BCUT2D eigenvalue weighted by Gasteiger charge is -2.38. The third-order valence-corrected chi connectivity index (χ3v) is 9.19. The van der Waals surface area contributed by atoms with Crippen LogP contribution in [-0.4, -0.2) is 72.2 Å². The number of amides is 1. The van der Waals surface area contributed by atoms with Crippen LogP contribution in [0.25, 0.3) is 0 Å². The first-order chi connectivity index (χ1) is 18.2. The molecule has 3 fully saturated rings. The van der Waals surface area contributed by atoms with Gasteiger partial charge in [-0.05, 0) is 100 Å². The second-order valence-electron chi connectivity index (χ2n) is 11.8. The van der Waals surface area contributed by atoms with Crippen LogP contribution in [0.15, 0.2) is 18.2 Å². The zero-order valence-electron chi connectivity index (χ0n) is 23.2. The van der Waals surface area contributed by atoms with E-state index in [0.29, 0.717) is 31.5 Å². The summed E-state index contributed by atoms with van der Waals surface area (Å²) in [4.78, 5) is 19.5. The lowest BCUT2D eigenvalue weighted by molar-refractivity contribution is -0.137. The van der Waals surface area contributed by atoms with E-state index in [0.717, 1.165) is 95.2 Å². The Morgan fingerprint density at radius 2 is 1.66 bits per heavy atom. The highest BCUT2D eigenvalue weighted by atomic mass is 19.4. The van der Waals surface area contributed by atoms with Crippen LogP contribution >= 0.6 is 0 Å². The van der Waals surface area contributed by atoms with Crippen molar-refractivity contribution >= 4 is 11.6 Å². The number of carbonyl (C=O) groups is 1. The van der Waals surface area contributed by atoms with Crippen LogP contribution in [-0.2, 0) is 11.0 Å². The monoisotopic (exact) mass is 537 g/mol. The fraction of sp³-hybridized carbons (Fsp3) is 0.767. The fourth-order valence-corrected chi connectivity index (χ4v) is 6.64. The molecule has 0 unspecified atom stereocenters. The molecule has 3 aliphatic rings. The van der Waals surface area contributed by atoms with Gasteiger partial charge in [0.1, 0.15) is 0 Å². The summed E-state index contributed by atoms with van der Waals surface area (Å²) in [5.41, 5.74) is 1.18. The van der Waals surface area contributed by atoms with Crippen molar-refractivity contribution in [2.45, 2.75) is 102 Å². The van der Waals surface area contributed by atoms with Gasteiger partial charge in [-0.2, -0.15) is 13.2 Å². The zero-order valence-corrected chi connectivity index (χ0v) is 23.2. The first kappa shape index (κ1) is 29.2. The van der Waals surface area contributed by atoms with Gasteiger partial charge in [0.05, 0.1) is 11.7 Å². The van der Waals surface area contributed by atoms with E-state index in [4.69, 9.17) is 0 Å². The van der Waals surface area contributed by atoms with E-state index < -0.39 is 11.7 Å². The number of aliphatic hydroxyl groups excluding tert-OH is 1. The summed E-state index contributed by atoms with van der Waals surface area (Å²) in [6.45, 7) is 9.16. The van der Waals surface area contributed by atoms with E-state index >= 15 is 0 Å². The summed E-state index contributed by atoms with van der Waals surface area (Å²) < 4.78 is 40.6. The van der Waals surface area contributed by atoms with Crippen molar-refractivity contribution in [3.8, 4) is 0 Å². The maximum absolute atomic E-state index is 13.5. The number of rotatable bonds is 8. The Labute approximate surface area is 226 Å². The van der Waals surface area contributed by atoms with Crippen LogP contribution in [0.2, 0.25) is 0 Å². The highest BCUT2D eigenvalue weighted by Crippen LogP contribution is 2.40. The average Bonchev–Trinajstić information content (AvgIpc) is 2.91. The summed E-state index contributed by atoms with van der Waals surface area (Å²) in [6.07, 6.45) is 4.24. The van der Waals surface area contributed by atoms with Gasteiger partial charge in [-0.15, -0.1) is 0 Å². The maximum atomic E-state index is 13.5. The van der Waals surface area contributed by atoms with Crippen molar-refractivity contribution in [2.24, 2.45) is 5.92 Å². The Kier molecular flexibility index (Phi) is 10.0. The number of carbonyl (C=O) groups excluding carboxylic acids is 1. The topological polar surface area (TPSA) is 47.0 Å². The van der Waals surface area contributed by atoms with Crippen molar-refractivity contribution in [1.82, 2.24) is 9.80 Å². The summed E-state index contributed by atoms with van der Waals surface area (Å²) in [5, 5.41) is 9.78. The number of hydrogen-bond acceptors (Lipinski definition) is 4. The molecular weight excluding hydrogens is 491 g/mol. The third kappa shape index (κ3) is 7.44. The molecule has 1 aromatic rings. The predicted molar refractivity (Wildman–Crippen MR) is 145 cm³/mol. The van der Waals surface area contributed by atoms with Gasteiger partial charge < -0.3 is 19.8 Å². The molecule has 38 heavy (non-hydrogen) atoms. The maximum Gasteiger partial charge on any atom is 0.416 e. The van der Waals surface area contributed by atoms with Crippen molar-refractivity contribution in [3.05, 3.63) is 29.3 Å². The molecule has 1 N–H and O–H groups in total. The summed E-state index contributed by atoms with van der Waals surface area (Å²) in [5.74, 6) is 0.971. The van der Waals surface area contributed by atoms with Gasteiger partial charge in [0.2, 0.25) is 5.91 Å². The molecule has 0 bridgehead atoms. The van der Waals surface area contributed by atoms with E-state index in [1.54, 1.807) is 6.07 Å². The SMILES string of the molecule is CCN(CCCC(=O)N1CCC(c2ccc(C(F)(F)F)cc2N2CCC(C)CC2)CC1)C1CCC(O)CC1. The highest BCUT2D eigenvalue weighted by molar-refractivity contribution is 5.76. The quantitative estimate of drug-likeness (QED) is 0.438. The predicted octanol–water partition coefficient (Wildman–Crippen LogP) is 6.05. The Morgan fingerprint density at radius 3 is 2.26 bits per heavy atom. The van der Waals surface area contributed by atoms with Crippen LogP contribution in [0.5, 0.6) is 0 Å². The second kappa shape index (κ2) is 13.0. The molecule has 214 valence electrons. The van der Waals surface area contributed by atoms with Crippen molar-refractivity contribution in [1.29, 1.82) is 0 Å². The molecule has 1 amide bonds. The Morgan fingerprint density at radius 1 is 1.00 bits per heavy atom. The van der Waals surface area contributed by atoms with Gasteiger partial charge in [0.15, 0.2) is 0 Å². The normalized spacial score (nSPS) is 24.3. The van der Waals surface area contributed by atoms with Gasteiger partial charge in [-0.25, -0.2) is 0 Å².